The van der Waals surface area contributed by atoms with E-state index in [1.165, 1.54) is 6.07 Å². The Kier molecular flexibility index (Phi) is 5.42. The number of hydrogen-bond donors (Lipinski definition) is 2. The van der Waals surface area contributed by atoms with Crippen LogP contribution in [0.15, 0.2) is 39.5 Å². The van der Waals surface area contributed by atoms with Gasteiger partial charge in [-0.15, -0.1) is 0 Å². The average Bonchev–Trinajstić information content (AvgIpc) is 3.10. The zero-order chi connectivity index (χ0) is 25.1. The van der Waals surface area contributed by atoms with Gasteiger partial charge in [-0.1, -0.05) is 19.9 Å². The first kappa shape index (κ1) is 23.1. The van der Waals surface area contributed by atoms with Gasteiger partial charge >= 0.3 is 0 Å². The second-order valence-electron chi connectivity index (χ2n) is 10.3. The number of nitrogens with one attached hydrogen (secondary N) is 2. The summed E-state index contributed by atoms with van der Waals surface area (Å²) in [5, 5.41) is 5.86. The lowest BCUT2D eigenvalue weighted by molar-refractivity contribution is 0.0879. The summed E-state index contributed by atoms with van der Waals surface area (Å²) in [6, 6.07) is 7.50. The summed E-state index contributed by atoms with van der Waals surface area (Å²) in [4.78, 5) is 39.6. The Hall–Kier alpha value is -3.68. The molecule has 0 saturated carbocycles. The summed E-state index contributed by atoms with van der Waals surface area (Å²) in [5.41, 5.74) is 2.30. The van der Waals surface area contributed by atoms with Crippen LogP contribution in [0.5, 0.6) is 0 Å². The molecule has 3 heterocycles. The fourth-order valence-electron chi connectivity index (χ4n) is 4.93. The first-order chi connectivity index (χ1) is 16.5. The van der Waals surface area contributed by atoms with Crippen molar-refractivity contribution in [1.82, 2.24) is 5.32 Å². The summed E-state index contributed by atoms with van der Waals surface area (Å²) in [6.45, 7) is 9.87. The lowest BCUT2D eigenvalue weighted by Crippen LogP contribution is -2.37. The van der Waals surface area contributed by atoms with Crippen LogP contribution in [-0.4, -0.2) is 24.9 Å². The highest BCUT2D eigenvalue weighted by atomic mass is 19.1. The zero-order valence-corrected chi connectivity index (χ0v) is 20.3. The summed E-state index contributed by atoms with van der Waals surface area (Å²) < 4.78 is 20.6. The third kappa shape index (κ3) is 4.07. The molecule has 0 spiro atoms. The van der Waals surface area contributed by atoms with Crippen LogP contribution in [0.3, 0.4) is 0 Å². The van der Waals surface area contributed by atoms with E-state index in [1.807, 2.05) is 26.0 Å². The van der Waals surface area contributed by atoms with E-state index in [1.54, 1.807) is 6.07 Å². The Bertz CT molecular complexity index is 1430. The van der Waals surface area contributed by atoms with Gasteiger partial charge < -0.3 is 14.6 Å². The number of rotatable bonds is 4. The molecular formula is C27H28FN3O4. The number of fused-ring (bicyclic) bond motifs is 2. The molecule has 35 heavy (non-hydrogen) atoms. The number of imide groups is 1. The molecule has 2 amide bonds. The molecule has 182 valence electrons. The van der Waals surface area contributed by atoms with Crippen molar-refractivity contribution in [2.45, 2.75) is 46.6 Å². The molecule has 3 aromatic rings. The number of carbonyl (C=O) groups is 2. The molecule has 5 rings (SSSR count). The molecule has 0 radical (unpaired) electrons. The Morgan fingerprint density at radius 3 is 2.46 bits per heavy atom. The first-order valence-electron chi connectivity index (χ1n) is 11.8. The van der Waals surface area contributed by atoms with Gasteiger partial charge in [0.15, 0.2) is 11.3 Å². The molecule has 0 unspecified atom stereocenters. The average molecular weight is 478 g/mol. The van der Waals surface area contributed by atoms with Gasteiger partial charge in [-0.05, 0) is 55.9 Å². The standard InChI is InChI=1S/C27H28FN3O4/c1-14-11-16(15(2)29-19-6-5-18(28)22-23(19)26(34)30-25(22)33)24-17(12-14)20(32)13-21(35-24)31-9-7-27(3,4)8-10-31/h5-6,11-13,15,29H,7-10H2,1-4H3,(H,30,33,34)/t15-/m1/s1. The normalized spacial score (nSPS) is 17.9. The third-order valence-corrected chi connectivity index (χ3v) is 7.09. The Morgan fingerprint density at radius 2 is 1.74 bits per heavy atom. The molecule has 8 heteroatoms. The predicted molar refractivity (Wildman–Crippen MR) is 133 cm³/mol. The summed E-state index contributed by atoms with van der Waals surface area (Å²) in [5.74, 6) is -1.60. The number of hydrogen-bond acceptors (Lipinski definition) is 6. The van der Waals surface area contributed by atoms with Crippen molar-refractivity contribution in [3.05, 3.63) is 68.6 Å². The predicted octanol–water partition coefficient (Wildman–Crippen LogP) is 4.92. The monoisotopic (exact) mass is 477 g/mol. The number of carbonyl (C=O) groups excluding carboxylic acids is 2. The molecule has 2 aromatic carbocycles. The second-order valence-corrected chi connectivity index (χ2v) is 10.3. The lowest BCUT2D eigenvalue weighted by Gasteiger charge is -2.37. The number of amides is 2. The van der Waals surface area contributed by atoms with E-state index in [0.717, 1.165) is 43.1 Å². The van der Waals surface area contributed by atoms with Gasteiger partial charge in [0.25, 0.3) is 11.8 Å². The molecule has 2 aliphatic rings. The summed E-state index contributed by atoms with van der Waals surface area (Å²) in [7, 11) is 0. The number of piperidine rings is 1. The van der Waals surface area contributed by atoms with Crippen molar-refractivity contribution in [3.63, 3.8) is 0 Å². The van der Waals surface area contributed by atoms with Crippen molar-refractivity contribution < 1.29 is 18.4 Å². The van der Waals surface area contributed by atoms with Crippen LogP contribution in [0.4, 0.5) is 16.0 Å². The van der Waals surface area contributed by atoms with E-state index in [9.17, 15) is 18.8 Å². The zero-order valence-electron chi connectivity index (χ0n) is 20.3. The molecule has 1 saturated heterocycles. The molecule has 0 bridgehead atoms. The molecule has 0 aliphatic carbocycles. The van der Waals surface area contributed by atoms with Crippen molar-refractivity contribution in [3.8, 4) is 0 Å². The van der Waals surface area contributed by atoms with Crippen LogP contribution in [0, 0.1) is 18.2 Å². The van der Waals surface area contributed by atoms with Gasteiger partial charge in [0.2, 0.25) is 0 Å². The van der Waals surface area contributed by atoms with Crippen molar-refractivity contribution >= 4 is 34.4 Å². The number of aryl methyl sites for hydroxylation is 1. The highest BCUT2D eigenvalue weighted by molar-refractivity contribution is 6.24. The van der Waals surface area contributed by atoms with E-state index >= 15 is 0 Å². The highest BCUT2D eigenvalue weighted by Crippen LogP contribution is 2.35. The Labute approximate surface area is 202 Å². The summed E-state index contributed by atoms with van der Waals surface area (Å²) >= 11 is 0. The molecule has 7 nitrogen and oxygen atoms in total. The van der Waals surface area contributed by atoms with E-state index in [4.69, 9.17) is 4.42 Å². The van der Waals surface area contributed by atoms with Gasteiger partial charge in [-0.25, -0.2) is 4.39 Å². The maximum Gasteiger partial charge on any atom is 0.261 e. The quantitative estimate of drug-likeness (QED) is 0.518. The maximum absolute atomic E-state index is 14.2. The molecular weight excluding hydrogens is 449 g/mol. The number of benzene rings is 2. The fraction of sp³-hybridized carbons (Fsp3) is 0.370. The number of halogens is 1. The smallest absolute Gasteiger partial charge is 0.261 e. The molecule has 2 aliphatic heterocycles. The lowest BCUT2D eigenvalue weighted by atomic mass is 9.83. The van der Waals surface area contributed by atoms with Gasteiger partial charge in [0.05, 0.1) is 22.6 Å². The van der Waals surface area contributed by atoms with Gasteiger partial charge in [0, 0.05) is 30.4 Å². The minimum atomic E-state index is -0.750. The van der Waals surface area contributed by atoms with Crippen LogP contribution in [0.2, 0.25) is 0 Å². The van der Waals surface area contributed by atoms with Crippen LogP contribution in [0.25, 0.3) is 11.0 Å². The second kappa shape index (κ2) is 8.22. The maximum atomic E-state index is 14.2. The fourth-order valence-corrected chi connectivity index (χ4v) is 4.93. The van der Waals surface area contributed by atoms with E-state index < -0.39 is 23.7 Å². The first-order valence-corrected chi connectivity index (χ1v) is 11.8. The molecule has 1 atom stereocenters. The van der Waals surface area contributed by atoms with E-state index in [2.05, 4.69) is 29.4 Å². The van der Waals surface area contributed by atoms with Crippen molar-refractivity contribution in [2.24, 2.45) is 5.41 Å². The molecule has 2 N–H and O–H groups in total. The van der Waals surface area contributed by atoms with Gasteiger partial charge in [0.1, 0.15) is 11.4 Å². The topological polar surface area (TPSA) is 91.7 Å². The molecule has 1 fully saturated rings. The van der Waals surface area contributed by atoms with Crippen molar-refractivity contribution in [1.29, 1.82) is 0 Å². The Balaban J connectivity index is 1.56. The highest BCUT2D eigenvalue weighted by Gasteiger charge is 2.33. The SMILES string of the molecule is Cc1cc([C@@H](C)Nc2ccc(F)c3c2C(=O)NC3=O)c2oc(N3CCC(C)(C)CC3)cc(=O)c2c1. The van der Waals surface area contributed by atoms with Crippen LogP contribution < -0.4 is 21.0 Å². The summed E-state index contributed by atoms with van der Waals surface area (Å²) in [6.07, 6.45) is 2.01. The third-order valence-electron chi connectivity index (χ3n) is 7.09. The largest absolute Gasteiger partial charge is 0.440 e. The van der Waals surface area contributed by atoms with Crippen LogP contribution >= 0.6 is 0 Å². The number of anilines is 2. The Morgan fingerprint density at radius 1 is 1.06 bits per heavy atom. The minimum absolute atomic E-state index is 0.0168. The van der Waals surface area contributed by atoms with Crippen LogP contribution in [-0.2, 0) is 0 Å². The number of nitrogens with zero attached hydrogens (tertiary/aromatic N) is 1. The van der Waals surface area contributed by atoms with E-state index in [0.29, 0.717) is 22.5 Å². The van der Waals surface area contributed by atoms with Crippen LogP contribution in [0.1, 0.15) is 71.5 Å². The van der Waals surface area contributed by atoms with Gasteiger partial charge in [-0.3, -0.25) is 19.7 Å². The molecule has 1 aromatic heterocycles. The van der Waals surface area contributed by atoms with E-state index in [-0.39, 0.29) is 22.0 Å². The van der Waals surface area contributed by atoms with Gasteiger partial charge in [-0.2, -0.15) is 0 Å². The van der Waals surface area contributed by atoms with Crippen molar-refractivity contribution in [2.75, 3.05) is 23.3 Å². The minimum Gasteiger partial charge on any atom is -0.440 e.